The fraction of sp³-hybridized carbons (Fsp3) is 0.656. The van der Waals surface area contributed by atoms with Crippen LogP contribution in [0.3, 0.4) is 0 Å². The van der Waals surface area contributed by atoms with Gasteiger partial charge in [0.15, 0.2) is 17.2 Å². The van der Waals surface area contributed by atoms with Gasteiger partial charge in [0.2, 0.25) is 5.91 Å². The molecule has 0 spiro atoms. The third-order valence-electron chi connectivity index (χ3n) is 10.8. The van der Waals surface area contributed by atoms with Crippen LogP contribution in [0.25, 0.3) is 0 Å². The van der Waals surface area contributed by atoms with Crippen molar-refractivity contribution in [1.82, 2.24) is 0 Å². The monoisotopic (exact) mass is 567 g/mol. The SMILES string of the molecule is CC(C)[C@H]1C(O)[C@@H](C(N)=O)C(=O)[C@]2(O)C(O)[C@H]3C(=O)c4c(O)ccc(C#CC5(O)CCCCC5)c4C[C@]3(C)C[C@]12C. The van der Waals surface area contributed by atoms with E-state index in [1.54, 1.807) is 33.8 Å². The van der Waals surface area contributed by atoms with Crippen molar-refractivity contribution in [3.05, 3.63) is 28.8 Å². The summed E-state index contributed by atoms with van der Waals surface area (Å²) in [6.45, 7) is 7.04. The number of hydrogen-bond acceptors (Lipinski definition) is 8. The standard InChI is InChI=1S/C32H41NO8/c1-16(2)22-25(36)21(28(33)39)26(37)32(41)27(38)23-24(35)20-18(14-29(23,3)15-30(22,32)4)17(8-9-19(20)34)10-13-31(40)11-6-5-7-12-31/h8-9,16,21-23,25,27,34,36,38,40-41H,5-7,11-12,14-15H2,1-4H3,(H2,33,39)/t21-,22+,23-,25?,27?,29-,30-,32+/m1/s1. The lowest BCUT2D eigenvalue weighted by Crippen LogP contribution is -2.79. The summed E-state index contributed by atoms with van der Waals surface area (Å²) < 4.78 is 0. The Kier molecular flexibility index (Phi) is 6.98. The summed E-state index contributed by atoms with van der Waals surface area (Å²) in [5.74, 6) is -1.23. The van der Waals surface area contributed by atoms with Crippen LogP contribution in [0, 0.1) is 46.3 Å². The molecule has 7 N–H and O–H groups in total. The quantitative estimate of drug-likeness (QED) is 0.231. The molecule has 222 valence electrons. The summed E-state index contributed by atoms with van der Waals surface area (Å²) >= 11 is 0. The summed E-state index contributed by atoms with van der Waals surface area (Å²) in [7, 11) is 0. The van der Waals surface area contributed by atoms with Gasteiger partial charge in [0.25, 0.3) is 0 Å². The first-order valence-corrected chi connectivity index (χ1v) is 14.6. The maximum Gasteiger partial charge on any atom is 0.230 e. The zero-order chi connectivity index (χ0) is 30.3. The van der Waals surface area contributed by atoms with Crippen molar-refractivity contribution in [1.29, 1.82) is 0 Å². The average Bonchev–Trinajstić information content (AvgIpc) is 2.85. The van der Waals surface area contributed by atoms with Gasteiger partial charge in [-0.3, -0.25) is 14.4 Å². The average molecular weight is 568 g/mol. The minimum Gasteiger partial charge on any atom is -0.507 e. The molecule has 41 heavy (non-hydrogen) atoms. The highest BCUT2D eigenvalue weighted by atomic mass is 16.4. The number of phenols is 1. The van der Waals surface area contributed by atoms with Gasteiger partial charge in [-0.1, -0.05) is 46.0 Å². The first-order chi connectivity index (χ1) is 19.0. The Balaban J connectivity index is 1.66. The molecule has 4 aliphatic carbocycles. The van der Waals surface area contributed by atoms with E-state index in [1.807, 2.05) is 0 Å². The number of phenolic OH excluding ortho intramolecular Hbond substituents is 1. The number of carbonyl (C=O) groups is 3. The maximum atomic E-state index is 14.2. The number of ketones is 2. The molecule has 1 aromatic carbocycles. The highest BCUT2D eigenvalue weighted by molar-refractivity contribution is 6.09. The number of hydrogen-bond donors (Lipinski definition) is 6. The number of aromatic hydroxyl groups is 1. The molecule has 0 radical (unpaired) electrons. The van der Waals surface area contributed by atoms with E-state index in [4.69, 9.17) is 5.73 Å². The van der Waals surface area contributed by atoms with Crippen LogP contribution in [0.4, 0.5) is 0 Å². The fourth-order valence-corrected chi connectivity index (χ4v) is 9.10. The number of rotatable bonds is 2. The molecule has 0 heterocycles. The predicted molar refractivity (Wildman–Crippen MR) is 148 cm³/mol. The molecule has 5 rings (SSSR count). The molecule has 0 saturated heterocycles. The number of amides is 1. The van der Waals surface area contributed by atoms with E-state index < -0.39 is 69.5 Å². The third-order valence-corrected chi connectivity index (χ3v) is 10.8. The van der Waals surface area contributed by atoms with Crippen LogP contribution in [-0.2, 0) is 16.0 Å². The minimum atomic E-state index is -2.55. The van der Waals surface area contributed by atoms with E-state index in [0.717, 1.165) is 19.3 Å². The van der Waals surface area contributed by atoms with Gasteiger partial charge in [-0.2, -0.15) is 0 Å². The number of fused-ring (bicyclic) bond motifs is 3. The lowest BCUT2D eigenvalue weighted by Gasteiger charge is -2.66. The predicted octanol–water partition coefficient (Wildman–Crippen LogP) is 1.62. The first kappa shape index (κ1) is 29.7. The molecule has 1 aromatic rings. The second-order valence-corrected chi connectivity index (χ2v) is 13.8. The molecule has 0 bridgehead atoms. The molecule has 2 unspecified atom stereocenters. The molecular weight excluding hydrogens is 526 g/mol. The lowest BCUT2D eigenvalue weighted by atomic mass is 9.39. The van der Waals surface area contributed by atoms with Crippen molar-refractivity contribution in [2.24, 2.45) is 40.2 Å². The second-order valence-electron chi connectivity index (χ2n) is 13.8. The molecular formula is C32H41NO8. The van der Waals surface area contributed by atoms with Crippen LogP contribution in [0.2, 0.25) is 0 Å². The van der Waals surface area contributed by atoms with Gasteiger partial charge in [-0.05, 0) is 73.5 Å². The second kappa shape index (κ2) is 9.63. The number of Topliss-reactive ketones (excluding diaryl/α,β-unsaturated/α-hetero) is 2. The van der Waals surface area contributed by atoms with Gasteiger partial charge < -0.3 is 31.3 Å². The summed E-state index contributed by atoms with van der Waals surface area (Å²) in [6.07, 6.45) is 0.735. The van der Waals surface area contributed by atoms with Crippen LogP contribution in [0.1, 0.15) is 87.7 Å². The molecule has 3 saturated carbocycles. The molecule has 0 aliphatic heterocycles. The van der Waals surface area contributed by atoms with E-state index in [1.165, 1.54) is 6.07 Å². The van der Waals surface area contributed by atoms with Crippen molar-refractivity contribution in [2.75, 3.05) is 0 Å². The van der Waals surface area contributed by atoms with Gasteiger partial charge >= 0.3 is 0 Å². The molecule has 9 heteroatoms. The number of carbonyl (C=O) groups excluding carboxylic acids is 3. The summed E-state index contributed by atoms with van der Waals surface area (Å²) in [5, 5.41) is 57.1. The van der Waals surface area contributed by atoms with Gasteiger partial charge in [-0.25, -0.2) is 0 Å². The van der Waals surface area contributed by atoms with E-state index in [-0.39, 0.29) is 30.1 Å². The summed E-state index contributed by atoms with van der Waals surface area (Å²) in [6, 6.07) is 2.96. The highest BCUT2D eigenvalue weighted by Gasteiger charge is 2.75. The zero-order valence-electron chi connectivity index (χ0n) is 24.1. The van der Waals surface area contributed by atoms with E-state index in [9.17, 15) is 39.9 Å². The fourth-order valence-electron chi connectivity index (χ4n) is 9.10. The van der Waals surface area contributed by atoms with Crippen molar-refractivity contribution in [2.45, 2.75) is 96.1 Å². The van der Waals surface area contributed by atoms with Crippen molar-refractivity contribution in [3.8, 4) is 17.6 Å². The highest BCUT2D eigenvalue weighted by Crippen LogP contribution is 2.65. The number of aliphatic hydroxyl groups is 4. The Morgan fingerprint density at radius 3 is 2.29 bits per heavy atom. The van der Waals surface area contributed by atoms with Crippen LogP contribution in [-0.4, -0.2) is 66.4 Å². The number of benzene rings is 1. The molecule has 9 nitrogen and oxygen atoms in total. The van der Waals surface area contributed by atoms with Crippen LogP contribution >= 0.6 is 0 Å². The summed E-state index contributed by atoms with van der Waals surface area (Å²) in [4.78, 5) is 40.3. The lowest BCUT2D eigenvalue weighted by molar-refractivity contribution is -0.265. The Labute approximate surface area is 240 Å². The Morgan fingerprint density at radius 2 is 1.71 bits per heavy atom. The molecule has 3 fully saturated rings. The van der Waals surface area contributed by atoms with Gasteiger partial charge in [-0.15, -0.1) is 0 Å². The van der Waals surface area contributed by atoms with Gasteiger partial charge in [0.05, 0.1) is 17.6 Å². The Bertz CT molecular complexity index is 1370. The van der Waals surface area contributed by atoms with E-state index >= 15 is 0 Å². The smallest absolute Gasteiger partial charge is 0.230 e. The number of nitrogens with two attached hydrogens (primary N) is 1. The van der Waals surface area contributed by atoms with Crippen molar-refractivity contribution >= 4 is 17.5 Å². The number of primary amides is 1. The molecule has 8 atom stereocenters. The van der Waals surface area contributed by atoms with Crippen LogP contribution < -0.4 is 5.73 Å². The Morgan fingerprint density at radius 1 is 1.07 bits per heavy atom. The zero-order valence-corrected chi connectivity index (χ0v) is 24.1. The minimum absolute atomic E-state index is 0.0312. The normalized spacial score (nSPS) is 39.7. The third kappa shape index (κ3) is 4.09. The molecule has 4 aliphatic rings. The largest absolute Gasteiger partial charge is 0.507 e. The van der Waals surface area contributed by atoms with Crippen molar-refractivity contribution in [3.63, 3.8) is 0 Å². The van der Waals surface area contributed by atoms with Crippen LogP contribution in [0.15, 0.2) is 12.1 Å². The first-order valence-electron chi connectivity index (χ1n) is 14.6. The number of aliphatic hydroxyl groups excluding tert-OH is 2. The topological polar surface area (TPSA) is 178 Å². The van der Waals surface area contributed by atoms with Crippen molar-refractivity contribution < 1.29 is 39.9 Å². The van der Waals surface area contributed by atoms with Crippen LogP contribution in [0.5, 0.6) is 5.75 Å². The molecule has 1 amide bonds. The Hall–Kier alpha value is -2.77. The maximum absolute atomic E-state index is 14.2. The summed E-state index contributed by atoms with van der Waals surface area (Å²) in [5.41, 5.74) is 0.347. The van der Waals surface area contributed by atoms with E-state index in [0.29, 0.717) is 24.0 Å². The molecule has 0 aromatic heterocycles. The van der Waals surface area contributed by atoms with Gasteiger partial charge in [0.1, 0.15) is 23.4 Å². The van der Waals surface area contributed by atoms with E-state index in [2.05, 4.69) is 11.8 Å². The van der Waals surface area contributed by atoms with Gasteiger partial charge in [0, 0.05) is 11.0 Å².